The summed E-state index contributed by atoms with van der Waals surface area (Å²) >= 11 is 0. The van der Waals surface area contributed by atoms with Gasteiger partial charge < -0.3 is 18.5 Å². The molecule has 3 aromatic rings. The molecule has 0 N–H and O–H groups in total. The van der Waals surface area contributed by atoms with Crippen molar-refractivity contribution in [3.8, 4) is 17.6 Å². The van der Waals surface area contributed by atoms with E-state index < -0.39 is 13.4 Å². The Bertz CT molecular complexity index is 1220. The molecule has 4 rings (SSSR count). The van der Waals surface area contributed by atoms with Crippen LogP contribution in [0.3, 0.4) is 0 Å². The van der Waals surface area contributed by atoms with Crippen LogP contribution in [0.25, 0.3) is 10.8 Å². The second-order valence-corrected chi connectivity index (χ2v) is 11.3. The van der Waals surface area contributed by atoms with Gasteiger partial charge in [-0.25, -0.2) is 0 Å². The fraction of sp³-hybridized carbons (Fsp3) is 0.320. The number of rotatable bonds is 9. The van der Waals surface area contributed by atoms with Crippen LogP contribution in [0.2, 0.25) is 0 Å². The first kappa shape index (κ1) is 24.7. The summed E-state index contributed by atoms with van der Waals surface area (Å²) in [7, 11) is -0.155. The van der Waals surface area contributed by atoms with E-state index in [4.69, 9.17) is 18.5 Å². The lowest BCUT2D eigenvalue weighted by Gasteiger charge is -2.26. The predicted molar refractivity (Wildman–Crippen MR) is 135 cm³/mol. The highest BCUT2D eigenvalue weighted by molar-refractivity contribution is 7.54. The van der Waals surface area contributed by atoms with E-state index in [1.165, 1.54) is 14.2 Å². The quantitative estimate of drug-likeness (QED) is 0.337. The molecule has 7 nitrogen and oxygen atoms in total. The van der Waals surface area contributed by atoms with E-state index in [2.05, 4.69) is 17.4 Å². The zero-order valence-electron chi connectivity index (χ0n) is 19.4. The fourth-order valence-electron chi connectivity index (χ4n) is 4.01. The smallest absolute Gasteiger partial charge is 0.374 e. The molecule has 34 heavy (non-hydrogen) atoms. The van der Waals surface area contributed by atoms with E-state index in [1.54, 1.807) is 18.2 Å². The number of hydrogen-bond acceptors (Lipinski definition) is 7. The highest BCUT2D eigenvalue weighted by Crippen LogP contribution is 2.60. The maximum Gasteiger partial charge on any atom is 0.374 e. The molecule has 0 aliphatic carbocycles. The van der Waals surface area contributed by atoms with E-state index in [0.29, 0.717) is 16.9 Å². The van der Waals surface area contributed by atoms with Crippen molar-refractivity contribution in [3.05, 3.63) is 71.8 Å². The molecule has 1 fully saturated rings. The number of hydrogen-bond donors (Lipinski definition) is 0. The Hall–Kier alpha value is -2.45. The van der Waals surface area contributed by atoms with Crippen molar-refractivity contribution in [2.75, 3.05) is 34.0 Å². The average Bonchev–Trinajstić information content (AvgIpc) is 3.34. The van der Waals surface area contributed by atoms with Crippen LogP contribution >= 0.6 is 16.3 Å². The summed E-state index contributed by atoms with van der Waals surface area (Å²) in [5.41, 5.74) is 1.20. The van der Waals surface area contributed by atoms with E-state index in [9.17, 15) is 9.83 Å². The number of benzene rings is 3. The van der Waals surface area contributed by atoms with Crippen molar-refractivity contribution in [1.29, 1.82) is 5.26 Å². The molecule has 1 aliphatic heterocycles. The van der Waals surface area contributed by atoms with Crippen LogP contribution in [0.5, 0.6) is 11.5 Å². The van der Waals surface area contributed by atoms with Gasteiger partial charge in [0.2, 0.25) is 5.85 Å². The van der Waals surface area contributed by atoms with Gasteiger partial charge in [-0.3, -0.25) is 9.24 Å². The minimum absolute atomic E-state index is 0.172. The van der Waals surface area contributed by atoms with E-state index >= 15 is 0 Å². The summed E-state index contributed by atoms with van der Waals surface area (Å²) in [6.45, 7) is 4.17. The Morgan fingerprint density at radius 2 is 1.74 bits per heavy atom. The van der Waals surface area contributed by atoms with Crippen molar-refractivity contribution in [1.82, 2.24) is 4.67 Å². The van der Waals surface area contributed by atoms with E-state index in [-0.39, 0.29) is 6.10 Å². The molecule has 0 spiro atoms. The Balaban J connectivity index is 1.59. The van der Waals surface area contributed by atoms with Crippen molar-refractivity contribution in [3.63, 3.8) is 0 Å². The average molecular weight is 498 g/mol. The van der Waals surface area contributed by atoms with Gasteiger partial charge in [0.25, 0.3) is 0 Å². The lowest BCUT2D eigenvalue weighted by molar-refractivity contribution is 0.191. The molecule has 3 atom stereocenters. The summed E-state index contributed by atoms with van der Waals surface area (Å²) in [4.78, 5) is 0. The normalized spacial score (nSPS) is 17.8. The minimum Gasteiger partial charge on any atom is -0.489 e. The van der Waals surface area contributed by atoms with Crippen molar-refractivity contribution >= 4 is 27.1 Å². The fourth-order valence-corrected chi connectivity index (χ4v) is 6.07. The zero-order chi connectivity index (χ0) is 24.1. The monoisotopic (exact) mass is 498 g/mol. The lowest BCUT2D eigenvalue weighted by Crippen LogP contribution is -2.19. The third-order valence-electron chi connectivity index (χ3n) is 5.91. The van der Waals surface area contributed by atoms with Crippen molar-refractivity contribution in [2.24, 2.45) is 0 Å². The second-order valence-electron chi connectivity index (χ2n) is 7.98. The largest absolute Gasteiger partial charge is 0.489 e. The van der Waals surface area contributed by atoms with Gasteiger partial charge in [-0.05, 0) is 60.3 Å². The first-order chi connectivity index (χ1) is 16.5. The van der Waals surface area contributed by atoms with E-state index in [0.717, 1.165) is 44.8 Å². The maximum absolute atomic E-state index is 13.4. The van der Waals surface area contributed by atoms with Gasteiger partial charge in [-0.15, -0.1) is 0 Å². The summed E-state index contributed by atoms with van der Waals surface area (Å²) in [6, 6.07) is 20.5. The van der Waals surface area contributed by atoms with Crippen LogP contribution in [0.1, 0.15) is 23.4 Å². The van der Waals surface area contributed by atoms with Crippen LogP contribution in [0.4, 0.5) is 0 Å². The standard InChI is InChI=1S/C25H28N2O5P2/c1-29-34(28,30-2)25(32-23-11-6-19-5-4-18(16-26)14-21(19)15-23)20-7-9-22(10-8-20)31-24-12-13-27(17-24)33-3/h4-11,14-15,24-25,33H,12-13,17H2,1-3H3. The van der Waals surface area contributed by atoms with Crippen LogP contribution in [-0.2, 0) is 13.6 Å². The van der Waals surface area contributed by atoms with Crippen molar-refractivity contribution in [2.45, 2.75) is 18.4 Å². The topological polar surface area (TPSA) is 81.0 Å². The Labute approximate surface area is 201 Å². The van der Waals surface area contributed by atoms with Gasteiger partial charge in [0.05, 0.1) is 11.6 Å². The molecular weight excluding hydrogens is 470 g/mol. The van der Waals surface area contributed by atoms with Crippen LogP contribution in [0, 0.1) is 11.3 Å². The minimum atomic E-state index is -3.63. The molecule has 1 heterocycles. The first-order valence-electron chi connectivity index (χ1n) is 11.0. The number of nitriles is 1. The predicted octanol–water partition coefficient (Wildman–Crippen LogP) is 5.95. The van der Waals surface area contributed by atoms with Gasteiger partial charge in [0, 0.05) is 32.9 Å². The molecule has 3 unspecified atom stereocenters. The van der Waals surface area contributed by atoms with Crippen LogP contribution in [0.15, 0.2) is 60.7 Å². The lowest BCUT2D eigenvalue weighted by atomic mass is 10.1. The summed E-state index contributed by atoms with van der Waals surface area (Å²) in [6.07, 6.45) is 1.18. The molecular formula is C25H28N2O5P2. The third-order valence-corrected chi connectivity index (χ3v) is 8.95. The van der Waals surface area contributed by atoms with Crippen LogP contribution in [-0.4, -0.2) is 44.7 Å². The molecule has 0 saturated carbocycles. The molecule has 0 aromatic heterocycles. The number of ether oxygens (including phenoxy) is 2. The molecule has 1 aliphatic rings. The SMILES string of the molecule is COP(=O)(OC)C(Oc1ccc2ccc(C#N)cc2c1)c1ccc(OC2CCN(PC)C2)cc1. The Morgan fingerprint density at radius 1 is 1.03 bits per heavy atom. The molecule has 3 aromatic carbocycles. The summed E-state index contributed by atoms with van der Waals surface area (Å²) in [5, 5.41) is 11.0. The van der Waals surface area contributed by atoms with Crippen molar-refractivity contribution < 1.29 is 23.1 Å². The Kier molecular flexibility index (Phi) is 7.88. The number of nitrogens with zero attached hydrogens (tertiary/aromatic N) is 2. The van der Waals surface area contributed by atoms with E-state index in [1.807, 2.05) is 42.5 Å². The molecule has 9 heteroatoms. The van der Waals surface area contributed by atoms with Gasteiger partial charge in [-0.2, -0.15) is 5.26 Å². The maximum atomic E-state index is 13.4. The highest BCUT2D eigenvalue weighted by atomic mass is 31.2. The highest BCUT2D eigenvalue weighted by Gasteiger charge is 2.38. The van der Waals surface area contributed by atoms with Crippen LogP contribution < -0.4 is 9.47 Å². The third kappa shape index (κ3) is 5.44. The molecule has 0 bridgehead atoms. The molecule has 0 radical (unpaired) electrons. The van der Waals surface area contributed by atoms with Gasteiger partial charge in [0.15, 0.2) is 0 Å². The molecule has 0 amide bonds. The molecule has 1 saturated heterocycles. The zero-order valence-corrected chi connectivity index (χ0v) is 21.3. The van der Waals surface area contributed by atoms with Gasteiger partial charge in [0.1, 0.15) is 17.6 Å². The van der Waals surface area contributed by atoms with Gasteiger partial charge in [-0.1, -0.05) is 33.0 Å². The summed E-state index contributed by atoms with van der Waals surface area (Å²) in [5.74, 6) is 0.276. The number of fused-ring (bicyclic) bond motifs is 1. The summed E-state index contributed by atoms with van der Waals surface area (Å²) < 4.78 is 38.7. The van der Waals surface area contributed by atoms with Gasteiger partial charge >= 0.3 is 7.60 Å². The molecule has 178 valence electrons. The second kappa shape index (κ2) is 10.9. The Morgan fingerprint density at radius 3 is 2.38 bits per heavy atom. The first-order valence-corrected chi connectivity index (χ1v) is 14.0.